The van der Waals surface area contributed by atoms with Crippen molar-refractivity contribution in [2.45, 2.75) is 10.1 Å². The second kappa shape index (κ2) is 5.65. The zero-order valence-electron chi connectivity index (χ0n) is 8.78. The predicted molar refractivity (Wildman–Crippen MR) is 68.4 cm³/mol. The van der Waals surface area contributed by atoms with Crippen molar-refractivity contribution in [2.24, 2.45) is 10.9 Å². The Bertz CT molecular complexity index is 513. The summed E-state index contributed by atoms with van der Waals surface area (Å²) in [5.74, 6) is 0.898. The van der Waals surface area contributed by atoms with Crippen LogP contribution in [0, 0.1) is 0 Å². The molecule has 0 bridgehead atoms. The Morgan fingerprint density at radius 2 is 2.41 bits per heavy atom. The van der Waals surface area contributed by atoms with Crippen LogP contribution >= 0.6 is 23.1 Å². The summed E-state index contributed by atoms with van der Waals surface area (Å²) in [6.45, 7) is 0. The lowest BCUT2D eigenvalue weighted by Crippen LogP contribution is -2.13. The van der Waals surface area contributed by atoms with Crippen LogP contribution in [0.25, 0.3) is 0 Å². The molecule has 17 heavy (non-hydrogen) atoms. The van der Waals surface area contributed by atoms with Crippen molar-refractivity contribution in [1.29, 1.82) is 0 Å². The van der Waals surface area contributed by atoms with E-state index >= 15 is 0 Å². The van der Waals surface area contributed by atoms with Crippen LogP contribution in [0.3, 0.4) is 0 Å². The number of oxime groups is 1. The summed E-state index contributed by atoms with van der Waals surface area (Å²) >= 11 is 3.12. The molecule has 88 valence electrons. The Labute approximate surface area is 106 Å². The second-order valence-electron chi connectivity index (χ2n) is 3.18. The summed E-state index contributed by atoms with van der Waals surface area (Å²) in [6, 6.07) is 7.56. The molecule has 1 heterocycles. The van der Waals surface area contributed by atoms with Gasteiger partial charge in [0.15, 0.2) is 10.2 Å². The summed E-state index contributed by atoms with van der Waals surface area (Å²) in [4.78, 5) is 0. The van der Waals surface area contributed by atoms with Gasteiger partial charge in [0.1, 0.15) is 5.51 Å². The van der Waals surface area contributed by atoms with E-state index in [2.05, 4.69) is 15.4 Å². The normalized spacial score (nSPS) is 11.6. The quantitative estimate of drug-likeness (QED) is 0.290. The Hall–Kier alpha value is -1.60. The summed E-state index contributed by atoms with van der Waals surface area (Å²) in [7, 11) is 0. The highest BCUT2D eigenvalue weighted by molar-refractivity contribution is 8.00. The van der Waals surface area contributed by atoms with Gasteiger partial charge in [-0.25, -0.2) is 0 Å². The fourth-order valence-corrected chi connectivity index (χ4v) is 2.68. The van der Waals surface area contributed by atoms with Gasteiger partial charge in [-0.3, -0.25) is 0 Å². The molecule has 2 rings (SSSR count). The molecule has 3 N–H and O–H groups in total. The van der Waals surface area contributed by atoms with E-state index in [1.807, 2.05) is 18.2 Å². The number of hydrogen-bond acceptors (Lipinski definition) is 6. The van der Waals surface area contributed by atoms with Gasteiger partial charge in [0, 0.05) is 11.3 Å². The number of aromatic nitrogens is 2. The fraction of sp³-hybridized carbons (Fsp3) is 0.100. The SMILES string of the molecule is N/C(=N\O)c1cccc(CSc2nncs2)c1. The van der Waals surface area contributed by atoms with Gasteiger partial charge in [0.25, 0.3) is 0 Å². The third kappa shape index (κ3) is 3.18. The van der Waals surface area contributed by atoms with E-state index < -0.39 is 0 Å². The smallest absolute Gasteiger partial charge is 0.174 e. The Morgan fingerprint density at radius 3 is 3.12 bits per heavy atom. The molecule has 0 saturated carbocycles. The first-order chi connectivity index (χ1) is 8.29. The summed E-state index contributed by atoms with van der Waals surface area (Å²) in [6.07, 6.45) is 0. The van der Waals surface area contributed by atoms with Gasteiger partial charge in [0.05, 0.1) is 0 Å². The summed E-state index contributed by atoms with van der Waals surface area (Å²) in [5, 5.41) is 19.3. The first-order valence-corrected chi connectivity index (χ1v) is 6.62. The first-order valence-electron chi connectivity index (χ1n) is 4.75. The minimum absolute atomic E-state index is 0.118. The molecular formula is C10H10N4OS2. The number of hydrogen-bond donors (Lipinski definition) is 2. The first kappa shape index (κ1) is 11.9. The van der Waals surface area contributed by atoms with Crippen molar-refractivity contribution < 1.29 is 5.21 Å². The average molecular weight is 266 g/mol. The van der Waals surface area contributed by atoms with Crippen LogP contribution in [0.5, 0.6) is 0 Å². The molecule has 0 aliphatic heterocycles. The zero-order valence-corrected chi connectivity index (χ0v) is 10.4. The number of benzene rings is 1. The van der Waals surface area contributed by atoms with Gasteiger partial charge >= 0.3 is 0 Å². The minimum Gasteiger partial charge on any atom is -0.409 e. The third-order valence-electron chi connectivity index (χ3n) is 2.03. The molecule has 0 saturated heterocycles. The highest BCUT2D eigenvalue weighted by atomic mass is 32.2. The number of thioether (sulfide) groups is 1. The molecule has 0 amide bonds. The maximum absolute atomic E-state index is 8.60. The standard InChI is InChI=1S/C10H10N4OS2/c11-9(14-15)8-3-1-2-7(4-8)5-16-10-13-12-6-17-10/h1-4,6,15H,5H2,(H2,11,14). The van der Waals surface area contributed by atoms with E-state index in [0.717, 1.165) is 15.7 Å². The van der Waals surface area contributed by atoms with E-state index in [1.54, 1.807) is 23.3 Å². The van der Waals surface area contributed by atoms with Crippen molar-refractivity contribution in [3.8, 4) is 0 Å². The molecule has 1 aromatic carbocycles. The van der Waals surface area contributed by atoms with Crippen LogP contribution in [0.15, 0.2) is 39.3 Å². The molecule has 0 atom stereocenters. The lowest BCUT2D eigenvalue weighted by Gasteiger charge is -2.02. The topological polar surface area (TPSA) is 84.4 Å². The molecule has 0 fully saturated rings. The largest absolute Gasteiger partial charge is 0.409 e. The maximum Gasteiger partial charge on any atom is 0.174 e. The molecule has 0 spiro atoms. The summed E-state index contributed by atoms with van der Waals surface area (Å²) < 4.78 is 0.930. The number of amidine groups is 1. The van der Waals surface area contributed by atoms with Crippen LogP contribution in [0.1, 0.15) is 11.1 Å². The van der Waals surface area contributed by atoms with Crippen LogP contribution in [0.4, 0.5) is 0 Å². The molecule has 0 unspecified atom stereocenters. The van der Waals surface area contributed by atoms with Crippen molar-refractivity contribution in [3.63, 3.8) is 0 Å². The van der Waals surface area contributed by atoms with Crippen LogP contribution in [0.2, 0.25) is 0 Å². The molecule has 5 nitrogen and oxygen atoms in total. The van der Waals surface area contributed by atoms with Gasteiger partial charge in [-0.2, -0.15) is 0 Å². The molecular weight excluding hydrogens is 256 g/mol. The van der Waals surface area contributed by atoms with Gasteiger partial charge in [-0.1, -0.05) is 46.5 Å². The Morgan fingerprint density at radius 1 is 1.53 bits per heavy atom. The number of nitrogens with two attached hydrogens (primary N) is 1. The van der Waals surface area contributed by atoms with E-state index in [4.69, 9.17) is 10.9 Å². The number of nitrogens with zero attached hydrogens (tertiary/aromatic N) is 3. The van der Waals surface area contributed by atoms with Crippen LogP contribution in [-0.2, 0) is 5.75 Å². The predicted octanol–water partition coefficient (Wildman–Crippen LogP) is 1.92. The van der Waals surface area contributed by atoms with Gasteiger partial charge in [0.2, 0.25) is 0 Å². The Kier molecular flexibility index (Phi) is 3.94. The lowest BCUT2D eigenvalue weighted by molar-refractivity contribution is 0.318. The molecule has 1 aromatic heterocycles. The second-order valence-corrected chi connectivity index (χ2v) is 5.23. The van der Waals surface area contributed by atoms with Crippen LogP contribution in [-0.4, -0.2) is 21.2 Å². The van der Waals surface area contributed by atoms with Crippen molar-refractivity contribution in [3.05, 3.63) is 40.9 Å². The monoisotopic (exact) mass is 266 g/mol. The van der Waals surface area contributed by atoms with Gasteiger partial charge in [-0.15, -0.1) is 10.2 Å². The fourth-order valence-electron chi connectivity index (χ4n) is 1.25. The van der Waals surface area contributed by atoms with Crippen LogP contribution < -0.4 is 5.73 Å². The highest BCUT2D eigenvalue weighted by Crippen LogP contribution is 2.23. The summed E-state index contributed by atoms with van der Waals surface area (Å²) in [5.41, 5.74) is 9.03. The van der Waals surface area contributed by atoms with Crippen molar-refractivity contribution >= 4 is 28.9 Å². The third-order valence-corrected chi connectivity index (χ3v) is 3.96. The van der Waals surface area contributed by atoms with Gasteiger partial charge in [-0.05, 0) is 11.6 Å². The van der Waals surface area contributed by atoms with Gasteiger partial charge < -0.3 is 10.9 Å². The molecule has 7 heteroatoms. The highest BCUT2D eigenvalue weighted by Gasteiger charge is 2.02. The minimum atomic E-state index is 0.118. The van der Waals surface area contributed by atoms with E-state index in [1.165, 1.54) is 11.3 Å². The van der Waals surface area contributed by atoms with E-state index in [0.29, 0.717) is 5.56 Å². The van der Waals surface area contributed by atoms with Crippen molar-refractivity contribution in [2.75, 3.05) is 0 Å². The molecule has 0 aliphatic carbocycles. The lowest BCUT2D eigenvalue weighted by atomic mass is 10.1. The Balaban J connectivity index is 2.06. The zero-order chi connectivity index (χ0) is 12.1. The average Bonchev–Trinajstić information content (AvgIpc) is 2.89. The van der Waals surface area contributed by atoms with E-state index in [-0.39, 0.29) is 5.84 Å². The molecule has 0 aliphatic rings. The number of rotatable bonds is 4. The van der Waals surface area contributed by atoms with Crippen molar-refractivity contribution in [1.82, 2.24) is 10.2 Å². The molecule has 0 radical (unpaired) electrons. The maximum atomic E-state index is 8.60. The van der Waals surface area contributed by atoms with E-state index in [9.17, 15) is 0 Å². The molecule has 2 aromatic rings.